The van der Waals surface area contributed by atoms with E-state index in [0.29, 0.717) is 0 Å². The first-order chi connectivity index (χ1) is 11.4. The Hall–Kier alpha value is -1.77. The highest BCUT2D eigenvalue weighted by atomic mass is 16.6. The zero-order valence-corrected chi connectivity index (χ0v) is 15.0. The van der Waals surface area contributed by atoms with Gasteiger partial charge in [-0.2, -0.15) is 0 Å². The molecule has 0 aromatic heterocycles. The number of carbonyl (C=O) groups excluding carboxylic acids is 1. The molecule has 1 aromatic carbocycles. The number of hydrogen-bond donors (Lipinski definition) is 0. The van der Waals surface area contributed by atoms with Crippen LogP contribution in [-0.4, -0.2) is 19.2 Å². The molecule has 3 heteroatoms. The Morgan fingerprint density at radius 3 is 2.50 bits per heavy atom. The van der Waals surface area contributed by atoms with E-state index in [1.54, 1.807) is 7.11 Å². The van der Waals surface area contributed by atoms with Crippen molar-refractivity contribution in [3.05, 3.63) is 41.5 Å². The standard InChI is InChI=1S/C21H26O3/c1-20(2)10-5-11-21(3)16(20)12-15-18(21)17(19(22)24-15)13-6-8-14(23-4)9-7-13/h6-9,12,15,17-18H,5,10-11H2,1-4H3/t15-,17-,18+,21+/m1/s1. The lowest BCUT2D eigenvalue weighted by molar-refractivity contribution is -0.141. The van der Waals surface area contributed by atoms with Crippen molar-refractivity contribution < 1.29 is 14.3 Å². The maximum absolute atomic E-state index is 12.6. The Kier molecular flexibility index (Phi) is 3.35. The number of esters is 1. The highest BCUT2D eigenvalue weighted by Crippen LogP contribution is 2.64. The van der Waals surface area contributed by atoms with Crippen molar-refractivity contribution in [3.8, 4) is 5.75 Å². The largest absolute Gasteiger partial charge is 0.497 e. The molecule has 3 aliphatic rings. The maximum Gasteiger partial charge on any atom is 0.314 e. The van der Waals surface area contributed by atoms with E-state index in [4.69, 9.17) is 9.47 Å². The van der Waals surface area contributed by atoms with Gasteiger partial charge < -0.3 is 9.47 Å². The summed E-state index contributed by atoms with van der Waals surface area (Å²) in [4.78, 5) is 12.6. The predicted molar refractivity (Wildman–Crippen MR) is 92.9 cm³/mol. The molecule has 1 saturated heterocycles. The summed E-state index contributed by atoms with van der Waals surface area (Å²) in [7, 11) is 1.66. The lowest BCUT2D eigenvalue weighted by Gasteiger charge is -2.46. The second-order valence-electron chi connectivity index (χ2n) is 8.41. The van der Waals surface area contributed by atoms with Gasteiger partial charge in [0.15, 0.2) is 0 Å². The van der Waals surface area contributed by atoms with Gasteiger partial charge in [0.05, 0.1) is 13.0 Å². The Bertz CT molecular complexity index is 700. The van der Waals surface area contributed by atoms with E-state index in [9.17, 15) is 4.79 Å². The maximum atomic E-state index is 12.6. The van der Waals surface area contributed by atoms with Crippen LogP contribution in [0.2, 0.25) is 0 Å². The number of benzene rings is 1. The van der Waals surface area contributed by atoms with Crippen molar-refractivity contribution in [2.75, 3.05) is 7.11 Å². The Balaban J connectivity index is 1.75. The summed E-state index contributed by atoms with van der Waals surface area (Å²) in [6.45, 7) is 7.02. The Morgan fingerprint density at radius 1 is 1.12 bits per heavy atom. The molecule has 2 fully saturated rings. The topological polar surface area (TPSA) is 35.5 Å². The third kappa shape index (κ3) is 2.06. The molecular weight excluding hydrogens is 300 g/mol. The molecule has 0 bridgehead atoms. The Labute approximate surface area is 144 Å². The van der Waals surface area contributed by atoms with Gasteiger partial charge in [0.25, 0.3) is 0 Å². The van der Waals surface area contributed by atoms with Crippen molar-refractivity contribution in [2.45, 2.75) is 52.1 Å². The molecule has 128 valence electrons. The third-order valence-corrected chi connectivity index (χ3v) is 6.60. The number of methoxy groups -OCH3 is 1. The third-order valence-electron chi connectivity index (χ3n) is 6.60. The van der Waals surface area contributed by atoms with Crippen molar-refractivity contribution in [1.29, 1.82) is 0 Å². The predicted octanol–water partition coefficient (Wildman–Crippen LogP) is 4.48. The van der Waals surface area contributed by atoms with Gasteiger partial charge >= 0.3 is 5.97 Å². The van der Waals surface area contributed by atoms with Crippen molar-refractivity contribution in [1.82, 2.24) is 0 Å². The molecule has 2 aliphatic carbocycles. The van der Waals surface area contributed by atoms with Crippen LogP contribution in [0.15, 0.2) is 35.9 Å². The second-order valence-corrected chi connectivity index (χ2v) is 8.41. The SMILES string of the molecule is COc1ccc([C@H]2C(=O)O[C@@H]3C=C4C(C)(C)CCC[C@]4(C)[C@H]23)cc1. The highest BCUT2D eigenvalue weighted by molar-refractivity contribution is 5.82. The van der Waals surface area contributed by atoms with Crippen LogP contribution in [-0.2, 0) is 9.53 Å². The van der Waals surface area contributed by atoms with Crippen LogP contribution in [0.3, 0.4) is 0 Å². The number of allylic oxidation sites excluding steroid dienone is 1. The van der Waals surface area contributed by atoms with Gasteiger partial charge in [0.1, 0.15) is 11.9 Å². The smallest absolute Gasteiger partial charge is 0.314 e. The lowest BCUT2D eigenvalue weighted by Crippen LogP contribution is -2.39. The van der Waals surface area contributed by atoms with Crippen LogP contribution in [0.25, 0.3) is 0 Å². The summed E-state index contributed by atoms with van der Waals surface area (Å²) >= 11 is 0. The van der Waals surface area contributed by atoms with Gasteiger partial charge in [-0.3, -0.25) is 4.79 Å². The Morgan fingerprint density at radius 2 is 1.83 bits per heavy atom. The van der Waals surface area contributed by atoms with Crippen LogP contribution in [0.5, 0.6) is 5.75 Å². The lowest BCUT2D eigenvalue weighted by atomic mass is 9.56. The molecule has 0 unspecified atom stereocenters. The zero-order valence-electron chi connectivity index (χ0n) is 15.0. The number of hydrogen-bond acceptors (Lipinski definition) is 3. The van der Waals surface area contributed by atoms with Crippen LogP contribution >= 0.6 is 0 Å². The summed E-state index contributed by atoms with van der Waals surface area (Å²) in [5.74, 6) is 0.786. The fourth-order valence-electron chi connectivity index (χ4n) is 5.51. The molecule has 3 nitrogen and oxygen atoms in total. The van der Waals surface area contributed by atoms with E-state index >= 15 is 0 Å². The average molecular weight is 326 g/mol. The fourth-order valence-corrected chi connectivity index (χ4v) is 5.51. The van der Waals surface area contributed by atoms with E-state index in [1.165, 1.54) is 18.4 Å². The van der Waals surface area contributed by atoms with Crippen molar-refractivity contribution >= 4 is 5.97 Å². The molecule has 1 saturated carbocycles. The van der Waals surface area contributed by atoms with Crippen molar-refractivity contribution in [2.24, 2.45) is 16.7 Å². The minimum Gasteiger partial charge on any atom is -0.497 e. The highest BCUT2D eigenvalue weighted by Gasteiger charge is 2.61. The fraction of sp³-hybridized carbons (Fsp3) is 0.571. The molecule has 24 heavy (non-hydrogen) atoms. The quantitative estimate of drug-likeness (QED) is 0.594. The first kappa shape index (κ1) is 15.7. The van der Waals surface area contributed by atoms with E-state index in [0.717, 1.165) is 17.7 Å². The van der Waals surface area contributed by atoms with Gasteiger partial charge in [-0.05, 0) is 47.4 Å². The minimum atomic E-state index is -0.173. The minimum absolute atomic E-state index is 0.0587. The second kappa shape index (κ2) is 5.11. The average Bonchev–Trinajstić information content (AvgIpc) is 3.02. The molecule has 0 radical (unpaired) electrons. The van der Waals surface area contributed by atoms with E-state index in [1.807, 2.05) is 24.3 Å². The molecule has 4 atom stereocenters. The first-order valence-corrected chi connectivity index (χ1v) is 8.94. The van der Waals surface area contributed by atoms with Gasteiger partial charge in [-0.1, -0.05) is 44.9 Å². The summed E-state index contributed by atoms with van der Waals surface area (Å²) in [5, 5.41) is 0. The van der Waals surface area contributed by atoms with Gasteiger partial charge in [0, 0.05) is 5.92 Å². The monoisotopic (exact) mass is 326 g/mol. The summed E-state index contributed by atoms with van der Waals surface area (Å²) in [6.07, 6.45) is 5.78. The number of carbonyl (C=O) groups is 1. The zero-order chi connectivity index (χ0) is 17.1. The molecule has 0 N–H and O–H groups in total. The number of rotatable bonds is 2. The van der Waals surface area contributed by atoms with Crippen LogP contribution < -0.4 is 4.74 Å². The number of ether oxygens (including phenoxy) is 2. The van der Waals surface area contributed by atoms with Gasteiger partial charge in [-0.25, -0.2) is 0 Å². The van der Waals surface area contributed by atoms with Crippen LogP contribution in [0, 0.1) is 16.7 Å². The van der Waals surface area contributed by atoms with Crippen LogP contribution in [0.4, 0.5) is 0 Å². The van der Waals surface area contributed by atoms with E-state index in [-0.39, 0.29) is 34.7 Å². The summed E-state index contributed by atoms with van der Waals surface area (Å²) in [5.41, 5.74) is 2.81. The molecular formula is C21H26O3. The molecule has 1 aliphatic heterocycles. The van der Waals surface area contributed by atoms with Gasteiger partial charge in [0.2, 0.25) is 0 Å². The molecule has 1 aromatic rings. The number of fused-ring (bicyclic) bond motifs is 3. The first-order valence-electron chi connectivity index (χ1n) is 8.94. The molecule has 1 heterocycles. The molecule has 0 amide bonds. The van der Waals surface area contributed by atoms with Gasteiger partial charge in [-0.15, -0.1) is 0 Å². The van der Waals surface area contributed by atoms with E-state index < -0.39 is 0 Å². The molecule has 4 rings (SSSR count). The summed E-state index contributed by atoms with van der Waals surface area (Å²) in [6, 6.07) is 7.91. The summed E-state index contributed by atoms with van der Waals surface area (Å²) < 4.78 is 11.1. The van der Waals surface area contributed by atoms with Crippen molar-refractivity contribution in [3.63, 3.8) is 0 Å². The normalized spacial score (nSPS) is 36.6. The van der Waals surface area contributed by atoms with Crippen LogP contribution in [0.1, 0.15) is 51.5 Å². The van der Waals surface area contributed by atoms with E-state index in [2.05, 4.69) is 26.8 Å². The molecule has 0 spiro atoms.